The van der Waals surface area contributed by atoms with E-state index in [4.69, 9.17) is 16.7 Å². The van der Waals surface area contributed by atoms with Gasteiger partial charge in [-0.3, -0.25) is 5.32 Å². The molecule has 0 saturated carbocycles. The van der Waals surface area contributed by atoms with E-state index in [9.17, 15) is 9.90 Å². The molecule has 0 heterocycles. The van der Waals surface area contributed by atoms with Gasteiger partial charge in [0.05, 0.1) is 17.3 Å². The van der Waals surface area contributed by atoms with Crippen LogP contribution >= 0.6 is 27.5 Å². The molecule has 0 fully saturated rings. The van der Waals surface area contributed by atoms with Gasteiger partial charge in [0, 0.05) is 4.47 Å². The number of amides is 1. The molecule has 0 unspecified atom stereocenters. The molecule has 6 heteroatoms. The van der Waals surface area contributed by atoms with Crippen molar-refractivity contribution in [3.05, 3.63) is 62.6 Å². The van der Waals surface area contributed by atoms with Gasteiger partial charge in [0.15, 0.2) is 0 Å². The Bertz CT molecular complexity index is 731. The standard InChI is InChI=1S/C16H13BrClNO3/c17-13-7-12(9-20)11(8-14(13)18)6-5-10-3-1-2-4-15(10)19-16(21)22/h1-8,19-20H,9H2,(H,21,22). The van der Waals surface area contributed by atoms with Crippen molar-refractivity contribution < 1.29 is 15.0 Å². The Balaban J connectivity index is 2.37. The fourth-order valence-electron chi connectivity index (χ4n) is 1.95. The van der Waals surface area contributed by atoms with Gasteiger partial charge in [0.1, 0.15) is 0 Å². The molecule has 2 aromatic rings. The highest BCUT2D eigenvalue weighted by Gasteiger charge is 2.06. The first-order chi connectivity index (χ1) is 10.5. The van der Waals surface area contributed by atoms with Crippen LogP contribution in [0.5, 0.6) is 0 Å². The first kappa shape index (κ1) is 16.5. The first-order valence-corrected chi connectivity index (χ1v) is 7.54. The number of nitrogens with one attached hydrogen (secondary N) is 1. The molecule has 0 aliphatic rings. The van der Waals surface area contributed by atoms with Crippen molar-refractivity contribution in [1.82, 2.24) is 0 Å². The zero-order valence-corrected chi connectivity index (χ0v) is 13.7. The highest BCUT2D eigenvalue weighted by Crippen LogP contribution is 2.28. The van der Waals surface area contributed by atoms with E-state index in [1.165, 1.54) is 0 Å². The van der Waals surface area contributed by atoms with Crippen LogP contribution < -0.4 is 5.32 Å². The Kier molecular flexibility index (Phi) is 5.60. The quantitative estimate of drug-likeness (QED) is 0.662. The third kappa shape index (κ3) is 4.10. The Hall–Kier alpha value is -1.82. The van der Waals surface area contributed by atoms with Crippen LogP contribution in [0.25, 0.3) is 12.2 Å². The van der Waals surface area contributed by atoms with Crippen molar-refractivity contribution in [3.8, 4) is 0 Å². The Morgan fingerprint density at radius 1 is 1.23 bits per heavy atom. The van der Waals surface area contributed by atoms with Gasteiger partial charge in [0.2, 0.25) is 0 Å². The molecule has 1 amide bonds. The fourth-order valence-corrected chi connectivity index (χ4v) is 2.51. The normalized spacial score (nSPS) is 10.9. The largest absolute Gasteiger partial charge is 0.465 e. The molecule has 0 aliphatic heterocycles. The van der Waals surface area contributed by atoms with Gasteiger partial charge in [0.25, 0.3) is 0 Å². The minimum absolute atomic E-state index is 0.121. The SMILES string of the molecule is O=C(O)Nc1ccccc1C=Cc1cc(Cl)c(Br)cc1CO. The number of carboxylic acid groups (broad SMARTS) is 1. The number of para-hydroxylation sites is 1. The third-order valence-corrected chi connectivity index (χ3v) is 4.19. The molecular formula is C16H13BrClNO3. The van der Waals surface area contributed by atoms with Gasteiger partial charge in [-0.25, -0.2) is 4.79 Å². The van der Waals surface area contributed by atoms with Crippen molar-refractivity contribution >= 4 is 51.5 Å². The van der Waals surface area contributed by atoms with Crippen LogP contribution in [-0.4, -0.2) is 16.3 Å². The summed E-state index contributed by atoms with van der Waals surface area (Å²) < 4.78 is 0.711. The lowest BCUT2D eigenvalue weighted by Crippen LogP contribution is -2.08. The van der Waals surface area contributed by atoms with Crippen molar-refractivity contribution in [3.63, 3.8) is 0 Å². The second kappa shape index (κ2) is 7.45. The van der Waals surface area contributed by atoms with Gasteiger partial charge in [-0.2, -0.15) is 0 Å². The third-order valence-electron chi connectivity index (χ3n) is 3.00. The van der Waals surface area contributed by atoms with Gasteiger partial charge < -0.3 is 10.2 Å². The molecule has 0 atom stereocenters. The minimum Gasteiger partial charge on any atom is -0.465 e. The molecule has 0 aliphatic carbocycles. The fraction of sp³-hybridized carbons (Fsp3) is 0.0625. The smallest absolute Gasteiger partial charge is 0.409 e. The summed E-state index contributed by atoms with van der Waals surface area (Å²) in [5.74, 6) is 0. The summed E-state index contributed by atoms with van der Waals surface area (Å²) in [7, 11) is 0. The average Bonchev–Trinajstić information content (AvgIpc) is 2.48. The highest BCUT2D eigenvalue weighted by atomic mass is 79.9. The van der Waals surface area contributed by atoms with E-state index in [0.717, 1.165) is 11.1 Å². The van der Waals surface area contributed by atoms with Crippen LogP contribution in [0, 0.1) is 0 Å². The average molecular weight is 383 g/mol. The van der Waals surface area contributed by atoms with Crippen LogP contribution in [0.15, 0.2) is 40.9 Å². The molecule has 4 nitrogen and oxygen atoms in total. The van der Waals surface area contributed by atoms with Crippen LogP contribution in [0.4, 0.5) is 10.5 Å². The van der Waals surface area contributed by atoms with Crippen molar-refractivity contribution in [2.24, 2.45) is 0 Å². The van der Waals surface area contributed by atoms with Gasteiger partial charge >= 0.3 is 6.09 Å². The van der Waals surface area contributed by atoms with Crippen molar-refractivity contribution in [1.29, 1.82) is 0 Å². The number of anilines is 1. The van der Waals surface area contributed by atoms with Crippen molar-refractivity contribution in [2.45, 2.75) is 6.61 Å². The van der Waals surface area contributed by atoms with Crippen molar-refractivity contribution in [2.75, 3.05) is 5.32 Å². The second-order valence-corrected chi connectivity index (χ2v) is 5.74. The number of aliphatic hydroxyl groups excluding tert-OH is 1. The molecule has 2 aromatic carbocycles. The van der Waals surface area contributed by atoms with Gasteiger partial charge in [-0.1, -0.05) is 42.0 Å². The van der Waals surface area contributed by atoms with E-state index in [1.807, 2.05) is 6.07 Å². The van der Waals surface area contributed by atoms with Crippen LogP contribution in [0.2, 0.25) is 5.02 Å². The number of benzene rings is 2. The summed E-state index contributed by atoms with van der Waals surface area (Å²) in [4.78, 5) is 10.8. The first-order valence-electron chi connectivity index (χ1n) is 6.37. The molecule has 3 N–H and O–H groups in total. The number of aliphatic hydroxyl groups is 1. The molecule has 2 rings (SSSR count). The maximum Gasteiger partial charge on any atom is 0.409 e. The van der Waals surface area contributed by atoms with E-state index >= 15 is 0 Å². The summed E-state index contributed by atoms with van der Waals surface area (Å²) in [5, 5.41) is 21.1. The zero-order chi connectivity index (χ0) is 16.1. The number of hydrogen-bond donors (Lipinski definition) is 3. The molecule has 0 radical (unpaired) electrons. The van der Waals surface area contributed by atoms with E-state index in [2.05, 4.69) is 21.2 Å². The Labute approximate surface area is 141 Å². The molecular weight excluding hydrogens is 370 g/mol. The molecule has 0 saturated heterocycles. The topological polar surface area (TPSA) is 69.6 Å². The summed E-state index contributed by atoms with van der Waals surface area (Å²) in [5.41, 5.74) is 2.69. The predicted molar refractivity (Wildman–Crippen MR) is 92.1 cm³/mol. The van der Waals surface area contributed by atoms with E-state index in [1.54, 1.807) is 42.5 Å². The van der Waals surface area contributed by atoms with E-state index in [-0.39, 0.29) is 6.61 Å². The molecule has 22 heavy (non-hydrogen) atoms. The Morgan fingerprint density at radius 3 is 2.59 bits per heavy atom. The lowest BCUT2D eigenvalue weighted by molar-refractivity contribution is 0.209. The molecule has 0 spiro atoms. The number of carbonyl (C=O) groups is 1. The number of rotatable bonds is 4. The van der Waals surface area contributed by atoms with E-state index < -0.39 is 6.09 Å². The van der Waals surface area contributed by atoms with E-state index in [0.29, 0.717) is 20.7 Å². The zero-order valence-electron chi connectivity index (χ0n) is 11.4. The molecule has 0 bridgehead atoms. The van der Waals surface area contributed by atoms with Gasteiger partial charge in [-0.15, -0.1) is 0 Å². The van der Waals surface area contributed by atoms with Crippen LogP contribution in [-0.2, 0) is 6.61 Å². The lowest BCUT2D eigenvalue weighted by Gasteiger charge is -2.07. The maximum absolute atomic E-state index is 10.8. The summed E-state index contributed by atoms with van der Waals surface area (Å²) >= 11 is 9.39. The summed E-state index contributed by atoms with van der Waals surface area (Å²) in [6.45, 7) is -0.121. The molecule has 0 aromatic heterocycles. The summed E-state index contributed by atoms with van der Waals surface area (Å²) in [6.07, 6.45) is 2.43. The highest BCUT2D eigenvalue weighted by molar-refractivity contribution is 9.10. The summed E-state index contributed by atoms with van der Waals surface area (Å²) in [6, 6.07) is 10.5. The number of halogens is 2. The predicted octanol–water partition coefficient (Wildman–Crippen LogP) is 4.86. The maximum atomic E-state index is 10.8. The minimum atomic E-state index is -1.12. The Morgan fingerprint density at radius 2 is 1.91 bits per heavy atom. The molecule has 114 valence electrons. The lowest BCUT2D eigenvalue weighted by atomic mass is 10.1. The second-order valence-electron chi connectivity index (χ2n) is 4.47. The van der Waals surface area contributed by atoms with Crippen LogP contribution in [0.3, 0.4) is 0 Å². The van der Waals surface area contributed by atoms with Gasteiger partial charge in [-0.05, 0) is 50.8 Å². The number of hydrogen-bond acceptors (Lipinski definition) is 2. The monoisotopic (exact) mass is 381 g/mol. The van der Waals surface area contributed by atoms with Crippen LogP contribution in [0.1, 0.15) is 16.7 Å².